The fourth-order valence-electron chi connectivity index (χ4n) is 1.78. The summed E-state index contributed by atoms with van der Waals surface area (Å²) in [6, 6.07) is 18.0. The predicted octanol–water partition coefficient (Wildman–Crippen LogP) is 3.24. The summed E-state index contributed by atoms with van der Waals surface area (Å²) in [5.74, 6) is 0.347. The highest BCUT2D eigenvalue weighted by atomic mass is 16.3. The molecule has 0 aliphatic rings. The molecule has 88 valence electrons. The zero-order chi connectivity index (χ0) is 12.1. The van der Waals surface area contributed by atoms with Crippen LogP contribution in [0.15, 0.2) is 54.6 Å². The molecule has 0 radical (unpaired) electrons. The summed E-state index contributed by atoms with van der Waals surface area (Å²) in [5, 5.41) is 13.0. The fraction of sp³-hybridized carbons (Fsp3) is 0.200. The lowest BCUT2D eigenvalue weighted by Crippen LogP contribution is -2.17. The summed E-state index contributed by atoms with van der Waals surface area (Å²) >= 11 is 0. The Morgan fingerprint density at radius 2 is 1.65 bits per heavy atom. The lowest BCUT2D eigenvalue weighted by Gasteiger charge is -2.14. The topological polar surface area (TPSA) is 32.3 Å². The minimum absolute atomic E-state index is 0.274. The number of rotatable bonds is 4. The zero-order valence-electron chi connectivity index (χ0n) is 9.93. The SMILES string of the molecule is C[C@@H](NCc1ccccc1O)c1ccccc1. The smallest absolute Gasteiger partial charge is 0.120 e. The van der Waals surface area contributed by atoms with Crippen LogP contribution in [0.2, 0.25) is 0 Å². The highest BCUT2D eigenvalue weighted by Crippen LogP contribution is 2.17. The van der Waals surface area contributed by atoms with Gasteiger partial charge in [0.15, 0.2) is 0 Å². The van der Waals surface area contributed by atoms with Crippen LogP contribution < -0.4 is 5.32 Å². The largest absolute Gasteiger partial charge is 0.508 e. The van der Waals surface area contributed by atoms with E-state index < -0.39 is 0 Å². The van der Waals surface area contributed by atoms with Crippen molar-refractivity contribution in [1.29, 1.82) is 0 Å². The van der Waals surface area contributed by atoms with E-state index in [1.165, 1.54) is 5.56 Å². The van der Waals surface area contributed by atoms with Gasteiger partial charge in [0.1, 0.15) is 5.75 Å². The third-order valence-electron chi connectivity index (χ3n) is 2.89. The van der Waals surface area contributed by atoms with Crippen LogP contribution in [0.25, 0.3) is 0 Å². The first-order valence-corrected chi connectivity index (χ1v) is 5.82. The van der Waals surface area contributed by atoms with Gasteiger partial charge >= 0.3 is 0 Å². The minimum atomic E-state index is 0.274. The molecule has 2 aromatic carbocycles. The third-order valence-corrected chi connectivity index (χ3v) is 2.89. The first-order valence-electron chi connectivity index (χ1n) is 5.82. The third kappa shape index (κ3) is 3.08. The molecule has 0 aliphatic heterocycles. The molecular weight excluding hydrogens is 210 g/mol. The molecule has 2 N–H and O–H groups in total. The molecule has 2 nitrogen and oxygen atoms in total. The Kier molecular flexibility index (Phi) is 3.78. The maximum atomic E-state index is 9.65. The Bertz CT molecular complexity index is 467. The standard InChI is InChI=1S/C15H17NO/c1-12(13-7-3-2-4-8-13)16-11-14-9-5-6-10-15(14)17/h2-10,12,16-17H,11H2,1H3/t12-/m1/s1. The van der Waals surface area contributed by atoms with Gasteiger partial charge in [-0.05, 0) is 18.6 Å². The quantitative estimate of drug-likeness (QED) is 0.840. The van der Waals surface area contributed by atoms with Crippen molar-refractivity contribution in [3.05, 3.63) is 65.7 Å². The molecule has 17 heavy (non-hydrogen) atoms. The van der Waals surface area contributed by atoms with Crippen LogP contribution in [0.3, 0.4) is 0 Å². The lowest BCUT2D eigenvalue weighted by atomic mass is 10.1. The van der Waals surface area contributed by atoms with E-state index in [2.05, 4.69) is 24.4 Å². The molecule has 0 amide bonds. The van der Waals surface area contributed by atoms with E-state index in [0.717, 1.165) is 5.56 Å². The number of phenolic OH excluding ortho intramolecular Hbond substituents is 1. The van der Waals surface area contributed by atoms with Crippen molar-refractivity contribution in [2.45, 2.75) is 19.5 Å². The zero-order valence-corrected chi connectivity index (χ0v) is 9.93. The summed E-state index contributed by atoms with van der Waals surface area (Å²) < 4.78 is 0. The van der Waals surface area contributed by atoms with Gasteiger partial charge in [0.2, 0.25) is 0 Å². The maximum Gasteiger partial charge on any atom is 0.120 e. The number of hydrogen-bond acceptors (Lipinski definition) is 2. The number of hydrogen-bond donors (Lipinski definition) is 2. The van der Waals surface area contributed by atoms with Crippen molar-refractivity contribution in [3.8, 4) is 5.75 Å². The van der Waals surface area contributed by atoms with Crippen LogP contribution >= 0.6 is 0 Å². The van der Waals surface area contributed by atoms with Gasteiger partial charge < -0.3 is 10.4 Å². The molecule has 0 aromatic heterocycles. The molecule has 0 bridgehead atoms. The summed E-state index contributed by atoms with van der Waals surface area (Å²) in [6.07, 6.45) is 0. The number of nitrogens with one attached hydrogen (secondary N) is 1. The van der Waals surface area contributed by atoms with Crippen molar-refractivity contribution in [2.75, 3.05) is 0 Å². The van der Waals surface area contributed by atoms with Gasteiger partial charge in [-0.3, -0.25) is 0 Å². The molecule has 0 saturated heterocycles. The number of para-hydroxylation sites is 1. The van der Waals surface area contributed by atoms with E-state index in [0.29, 0.717) is 12.3 Å². The van der Waals surface area contributed by atoms with E-state index in [1.54, 1.807) is 6.07 Å². The molecule has 0 unspecified atom stereocenters. The van der Waals surface area contributed by atoms with Crippen LogP contribution in [0.5, 0.6) is 5.75 Å². The molecule has 0 aliphatic carbocycles. The van der Waals surface area contributed by atoms with Crippen molar-refractivity contribution in [1.82, 2.24) is 5.32 Å². The monoisotopic (exact) mass is 227 g/mol. The normalized spacial score (nSPS) is 12.3. The fourth-order valence-corrected chi connectivity index (χ4v) is 1.78. The first kappa shape index (κ1) is 11.7. The second-order valence-corrected chi connectivity index (χ2v) is 4.14. The van der Waals surface area contributed by atoms with E-state index in [1.807, 2.05) is 36.4 Å². The van der Waals surface area contributed by atoms with Gasteiger partial charge in [0.05, 0.1) is 0 Å². The number of aromatic hydroxyl groups is 1. The van der Waals surface area contributed by atoms with E-state index in [9.17, 15) is 5.11 Å². The predicted molar refractivity (Wildman–Crippen MR) is 69.8 cm³/mol. The first-order chi connectivity index (χ1) is 8.27. The van der Waals surface area contributed by atoms with Crippen molar-refractivity contribution in [2.24, 2.45) is 0 Å². The Labute approximate surface area is 102 Å². The van der Waals surface area contributed by atoms with E-state index >= 15 is 0 Å². The average Bonchev–Trinajstić information content (AvgIpc) is 2.38. The molecule has 0 fully saturated rings. The highest BCUT2D eigenvalue weighted by Gasteiger charge is 2.05. The Morgan fingerprint density at radius 3 is 2.35 bits per heavy atom. The van der Waals surface area contributed by atoms with Gasteiger partial charge in [-0.1, -0.05) is 48.5 Å². The van der Waals surface area contributed by atoms with Crippen LogP contribution in [-0.4, -0.2) is 5.11 Å². The molecule has 0 heterocycles. The molecule has 2 rings (SSSR count). The van der Waals surface area contributed by atoms with Crippen molar-refractivity contribution < 1.29 is 5.11 Å². The molecule has 0 saturated carbocycles. The Morgan fingerprint density at radius 1 is 1.00 bits per heavy atom. The van der Waals surface area contributed by atoms with E-state index in [4.69, 9.17) is 0 Å². The second-order valence-electron chi connectivity index (χ2n) is 4.14. The van der Waals surface area contributed by atoms with Crippen LogP contribution in [0.4, 0.5) is 0 Å². The van der Waals surface area contributed by atoms with Gasteiger partial charge in [-0.15, -0.1) is 0 Å². The van der Waals surface area contributed by atoms with Gasteiger partial charge in [-0.25, -0.2) is 0 Å². The minimum Gasteiger partial charge on any atom is -0.508 e. The molecule has 2 heteroatoms. The number of phenols is 1. The summed E-state index contributed by atoms with van der Waals surface area (Å²) in [6.45, 7) is 2.79. The van der Waals surface area contributed by atoms with Crippen LogP contribution in [0.1, 0.15) is 24.1 Å². The van der Waals surface area contributed by atoms with Crippen LogP contribution in [0, 0.1) is 0 Å². The van der Waals surface area contributed by atoms with Crippen molar-refractivity contribution in [3.63, 3.8) is 0 Å². The van der Waals surface area contributed by atoms with Gasteiger partial charge in [0.25, 0.3) is 0 Å². The maximum absolute atomic E-state index is 9.65. The van der Waals surface area contributed by atoms with E-state index in [-0.39, 0.29) is 6.04 Å². The summed E-state index contributed by atoms with van der Waals surface area (Å²) in [7, 11) is 0. The van der Waals surface area contributed by atoms with Gasteiger partial charge in [-0.2, -0.15) is 0 Å². The van der Waals surface area contributed by atoms with Gasteiger partial charge in [0, 0.05) is 18.2 Å². The van der Waals surface area contributed by atoms with Crippen LogP contribution in [-0.2, 0) is 6.54 Å². The molecule has 2 aromatic rings. The molecular formula is C15H17NO. The Hall–Kier alpha value is -1.80. The van der Waals surface area contributed by atoms with Crippen molar-refractivity contribution >= 4 is 0 Å². The Balaban J connectivity index is 1.97. The average molecular weight is 227 g/mol. The summed E-state index contributed by atoms with van der Waals surface area (Å²) in [4.78, 5) is 0. The second kappa shape index (κ2) is 5.51. The number of benzene rings is 2. The molecule has 1 atom stereocenters. The highest BCUT2D eigenvalue weighted by molar-refractivity contribution is 5.31. The molecule has 0 spiro atoms. The lowest BCUT2D eigenvalue weighted by molar-refractivity contribution is 0.460. The summed E-state index contributed by atoms with van der Waals surface area (Å²) in [5.41, 5.74) is 2.18.